The van der Waals surface area contributed by atoms with E-state index in [0.717, 1.165) is 30.6 Å². The van der Waals surface area contributed by atoms with Crippen LogP contribution in [0.25, 0.3) is 0 Å². The lowest BCUT2D eigenvalue weighted by Crippen LogP contribution is -2.25. The van der Waals surface area contributed by atoms with Gasteiger partial charge in [-0.2, -0.15) is 0 Å². The van der Waals surface area contributed by atoms with E-state index in [1.165, 1.54) is 38.5 Å². The van der Waals surface area contributed by atoms with Crippen molar-refractivity contribution in [2.24, 2.45) is 17.8 Å². The maximum absolute atomic E-state index is 11.1. The summed E-state index contributed by atoms with van der Waals surface area (Å²) >= 11 is 0. The topological polar surface area (TPSA) is 17.1 Å². The number of ketones is 1. The molecular formula is C15H28O. The first kappa shape index (κ1) is 13.7. The van der Waals surface area contributed by atoms with E-state index >= 15 is 0 Å². The number of hydrogen-bond acceptors (Lipinski definition) is 1. The summed E-state index contributed by atoms with van der Waals surface area (Å²) in [5.41, 5.74) is 0. The monoisotopic (exact) mass is 224 g/mol. The third kappa shape index (κ3) is 3.92. The summed E-state index contributed by atoms with van der Waals surface area (Å²) in [6.07, 6.45) is 9.84. The van der Waals surface area contributed by atoms with Crippen LogP contribution in [-0.4, -0.2) is 5.78 Å². The molecule has 0 radical (unpaired) electrons. The molecule has 2 rings (SSSR count). The Bertz CT molecular complexity index is 191. The highest BCUT2D eigenvalue weighted by molar-refractivity contribution is 5.79. The minimum Gasteiger partial charge on any atom is -0.300 e. The van der Waals surface area contributed by atoms with Crippen molar-refractivity contribution in [2.45, 2.75) is 72.1 Å². The van der Waals surface area contributed by atoms with Crippen molar-refractivity contribution in [1.29, 1.82) is 0 Å². The predicted octanol–water partition coefficient (Wildman–Crippen LogP) is 4.60. The summed E-state index contributed by atoms with van der Waals surface area (Å²) in [4.78, 5) is 11.1. The predicted molar refractivity (Wildman–Crippen MR) is 69.4 cm³/mol. The molecule has 94 valence electrons. The second-order valence-corrected chi connectivity index (χ2v) is 5.40. The minimum absolute atomic E-state index is 0.505. The molecule has 0 aliphatic heterocycles. The third-order valence-corrected chi connectivity index (χ3v) is 4.32. The Morgan fingerprint density at radius 1 is 0.812 bits per heavy atom. The van der Waals surface area contributed by atoms with Crippen LogP contribution in [0.4, 0.5) is 0 Å². The van der Waals surface area contributed by atoms with Gasteiger partial charge in [0.2, 0.25) is 0 Å². The highest BCUT2D eigenvalue weighted by Crippen LogP contribution is 2.38. The van der Waals surface area contributed by atoms with E-state index in [1.54, 1.807) is 0 Å². The molecule has 0 aromatic carbocycles. The lowest BCUT2D eigenvalue weighted by Gasteiger charge is -2.34. The molecule has 1 heteroatoms. The van der Waals surface area contributed by atoms with Crippen LogP contribution in [-0.2, 0) is 4.79 Å². The van der Waals surface area contributed by atoms with Gasteiger partial charge in [-0.15, -0.1) is 0 Å². The van der Waals surface area contributed by atoms with E-state index in [0.29, 0.717) is 5.78 Å². The highest BCUT2D eigenvalue weighted by atomic mass is 16.1. The van der Waals surface area contributed by atoms with Crippen LogP contribution in [0.2, 0.25) is 0 Å². The zero-order chi connectivity index (χ0) is 12.0. The van der Waals surface area contributed by atoms with Crippen LogP contribution >= 0.6 is 0 Å². The summed E-state index contributed by atoms with van der Waals surface area (Å²) in [5, 5.41) is 0. The van der Waals surface area contributed by atoms with Gasteiger partial charge in [-0.25, -0.2) is 0 Å². The van der Waals surface area contributed by atoms with E-state index in [1.807, 2.05) is 13.8 Å². The molecule has 0 unspecified atom stereocenters. The van der Waals surface area contributed by atoms with Crippen molar-refractivity contribution < 1.29 is 4.79 Å². The Morgan fingerprint density at radius 2 is 1.25 bits per heavy atom. The molecule has 0 spiro atoms. The zero-order valence-electron chi connectivity index (χ0n) is 11.3. The van der Waals surface area contributed by atoms with E-state index in [4.69, 9.17) is 0 Å². The van der Waals surface area contributed by atoms with Gasteiger partial charge in [-0.1, -0.05) is 33.6 Å². The molecule has 2 fully saturated rings. The molecule has 0 bridgehead atoms. The molecule has 0 N–H and O–H groups in total. The molecule has 0 aromatic rings. The van der Waals surface area contributed by atoms with Crippen LogP contribution in [0.1, 0.15) is 72.1 Å². The van der Waals surface area contributed by atoms with Crippen LogP contribution in [0.3, 0.4) is 0 Å². The summed E-state index contributed by atoms with van der Waals surface area (Å²) in [7, 11) is 0. The number of rotatable bonds is 1. The zero-order valence-corrected chi connectivity index (χ0v) is 11.3. The SMILES string of the molecule is CC.CC1CCC(C2CCC(=O)CC2)CC1. The summed E-state index contributed by atoms with van der Waals surface area (Å²) < 4.78 is 0. The van der Waals surface area contributed by atoms with Crippen molar-refractivity contribution in [2.75, 3.05) is 0 Å². The molecule has 0 saturated heterocycles. The van der Waals surface area contributed by atoms with E-state index in [2.05, 4.69) is 6.92 Å². The number of carbonyl (C=O) groups is 1. The Kier molecular flexibility index (Phi) is 6.08. The Morgan fingerprint density at radius 3 is 1.75 bits per heavy atom. The van der Waals surface area contributed by atoms with E-state index < -0.39 is 0 Å². The van der Waals surface area contributed by atoms with E-state index in [9.17, 15) is 4.79 Å². The van der Waals surface area contributed by atoms with Gasteiger partial charge in [0.05, 0.1) is 0 Å². The molecule has 0 heterocycles. The fraction of sp³-hybridized carbons (Fsp3) is 0.933. The molecule has 16 heavy (non-hydrogen) atoms. The van der Waals surface area contributed by atoms with Gasteiger partial charge in [-0.3, -0.25) is 4.79 Å². The summed E-state index contributed by atoms with van der Waals surface area (Å²) in [6, 6.07) is 0. The number of Topliss-reactive ketones (excluding diaryl/α,β-unsaturated/α-hetero) is 1. The van der Waals surface area contributed by atoms with Crippen LogP contribution in [0.5, 0.6) is 0 Å². The maximum atomic E-state index is 11.1. The van der Waals surface area contributed by atoms with Gasteiger partial charge in [0.15, 0.2) is 0 Å². The second kappa shape index (κ2) is 7.09. The summed E-state index contributed by atoms with van der Waals surface area (Å²) in [5.74, 6) is 3.31. The van der Waals surface area contributed by atoms with Gasteiger partial charge < -0.3 is 0 Å². The van der Waals surface area contributed by atoms with Crippen LogP contribution in [0, 0.1) is 17.8 Å². The van der Waals surface area contributed by atoms with Crippen molar-refractivity contribution in [3.63, 3.8) is 0 Å². The van der Waals surface area contributed by atoms with Gasteiger partial charge in [-0.05, 0) is 43.4 Å². The van der Waals surface area contributed by atoms with Crippen LogP contribution in [0.15, 0.2) is 0 Å². The van der Waals surface area contributed by atoms with Crippen molar-refractivity contribution in [3.8, 4) is 0 Å². The maximum Gasteiger partial charge on any atom is 0.132 e. The first-order chi connectivity index (χ1) is 7.75. The third-order valence-electron chi connectivity index (χ3n) is 4.32. The fourth-order valence-electron chi connectivity index (χ4n) is 3.19. The molecule has 2 aliphatic carbocycles. The van der Waals surface area contributed by atoms with E-state index in [-0.39, 0.29) is 0 Å². The Balaban J connectivity index is 0.000000606. The van der Waals surface area contributed by atoms with Gasteiger partial charge in [0.25, 0.3) is 0 Å². The lowest BCUT2D eigenvalue weighted by atomic mass is 9.71. The molecule has 2 aliphatic rings. The first-order valence-corrected chi connectivity index (χ1v) is 7.27. The van der Waals surface area contributed by atoms with Crippen molar-refractivity contribution in [3.05, 3.63) is 0 Å². The highest BCUT2D eigenvalue weighted by Gasteiger charge is 2.28. The van der Waals surface area contributed by atoms with Gasteiger partial charge in [0.1, 0.15) is 5.78 Å². The van der Waals surface area contributed by atoms with Crippen LogP contribution < -0.4 is 0 Å². The first-order valence-electron chi connectivity index (χ1n) is 7.27. The average molecular weight is 224 g/mol. The largest absolute Gasteiger partial charge is 0.300 e. The minimum atomic E-state index is 0.505. The fourth-order valence-corrected chi connectivity index (χ4v) is 3.19. The second-order valence-electron chi connectivity index (χ2n) is 5.40. The Labute approximate surface area is 101 Å². The molecule has 1 nitrogen and oxygen atoms in total. The summed E-state index contributed by atoms with van der Waals surface area (Å²) in [6.45, 7) is 6.38. The normalized spacial score (nSPS) is 31.8. The molecule has 2 saturated carbocycles. The standard InChI is InChI=1S/C13H22O.C2H6/c1-10-2-4-11(5-3-10)12-6-8-13(14)9-7-12;1-2/h10-12H,2-9H2,1H3;1-2H3. The van der Waals surface area contributed by atoms with Gasteiger partial charge >= 0.3 is 0 Å². The average Bonchev–Trinajstić information content (AvgIpc) is 2.34. The Hall–Kier alpha value is -0.330. The molecular weight excluding hydrogens is 196 g/mol. The van der Waals surface area contributed by atoms with Gasteiger partial charge in [0, 0.05) is 12.8 Å². The molecule has 0 atom stereocenters. The quantitative estimate of drug-likeness (QED) is 0.636. The number of hydrogen-bond donors (Lipinski definition) is 0. The molecule has 0 amide bonds. The molecule has 0 aromatic heterocycles. The number of carbonyl (C=O) groups excluding carboxylic acids is 1. The van der Waals surface area contributed by atoms with Crippen molar-refractivity contribution >= 4 is 5.78 Å². The smallest absolute Gasteiger partial charge is 0.132 e. The van der Waals surface area contributed by atoms with Crippen molar-refractivity contribution in [1.82, 2.24) is 0 Å². The lowest BCUT2D eigenvalue weighted by molar-refractivity contribution is -0.121.